The molecule has 3 rings (SSSR count). The van der Waals surface area contributed by atoms with Crippen molar-refractivity contribution in [3.05, 3.63) is 65.7 Å². The van der Waals surface area contributed by atoms with E-state index in [1.165, 1.54) is 5.56 Å². The van der Waals surface area contributed by atoms with Crippen molar-refractivity contribution >= 4 is 23.4 Å². The van der Waals surface area contributed by atoms with Crippen molar-refractivity contribution in [3.63, 3.8) is 0 Å². The zero-order chi connectivity index (χ0) is 18.5. The van der Waals surface area contributed by atoms with Gasteiger partial charge in [-0.15, -0.1) is 0 Å². The van der Waals surface area contributed by atoms with E-state index < -0.39 is 0 Å². The van der Waals surface area contributed by atoms with Crippen LogP contribution < -0.4 is 10.2 Å². The second-order valence-electron chi connectivity index (χ2n) is 6.40. The van der Waals surface area contributed by atoms with E-state index in [0.717, 1.165) is 11.3 Å². The van der Waals surface area contributed by atoms with Crippen LogP contribution in [0.25, 0.3) is 0 Å². The largest absolute Gasteiger partial charge is 0.351 e. The lowest BCUT2D eigenvalue weighted by Gasteiger charge is -2.17. The van der Waals surface area contributed by atoms with Crippen LogP contribution in [0.3, 0.4) is 0 Å². The summed E-state index contributed by atoms with van der Waals surface area (Å²) in [5.74, 6) is -0.407. The number of anilines is 1. The lowest BCUT2D eigenvalue weighted by molar-refractivity contribution is -0.121. The van der Waals surface area contributed by atoms with E-state index in [9.17, 15) is 14.4 Å². The van der Waals surface area contributed by atoms with Crippen molar-refractivity contribution in [3.8, 4) is 0 Å². The first-order valence-corrected chi connectivity index (χ1v) is 8.89. The first kappa shape index (κ1) is 17.9. The highest BCUT2D eigenvalue weighted by molar-refractivity contribution is 6.20. The van der Waals surface area contributed by atoms with Crippen LogP contribution in [0.4, 0.5) is 5.69 Å². The molecule has 2 aromatic carbocycles. The maximum Gasteiger partial charge on any atom is 0.251 e. The molecule has 26 heavy (non-hydrogen) atoms. The van der Waals surface area contributed by atoms with Gasteiger partial charge >= 0.3 is 0 Å². The third-order valence-electron chi connectivity index (χ3n) is 4.69. The van der Waals surface area contributed by atoms with Gasteiger partial charge in [-0.3, -0.25) is 19.3 Å². The number of imide groups is 1. The SMILES string of the molecule is CC[C@@H](CNC(=O)c1cccc(N2C(=O)CCC2=O)c1)c1ccccc1. The zero-order valence-corrected chi connectivity index (χ0v) is 14.8. The van der Waals surface area contributed by atoms with Crippen LogP contribution in [-0.2, 0) is 9.59 Å². The van der Waals surface area contributed by atoms with Gasteiger partial charge in [0.15, 0.2) is 0 Å². The van der Waals surface area contributed by atoms with Gasteiger partial charge in [-0.1, -0.05) is 43.3 Å². The van der Waals surface area contributed by atoms with Crippen LogP contribution >= 0.6 is 0 Å². The quantitative estimate of drug-likeness (QED) is 0.813. The van der Waals surface area contributed by atoms with E-state index in [0.29, 0.717) is 17.8 Å². The summed E-state index contributed by atoms with van der Waals surface area (Å²) in [4.78, 5) is 37.5. The van der Waals surface area contributed by atoms with E-state index in [4.69, 9.17) is 0 Å². The lowest BCUT2D eigenvalue weighted by Crippen LogP contribution is -2.30. The van der Waals surface area contributed by atoms with Crippen LogP contribution in [0.15, 0.2) is 54.6 Å². The molecule has 1 heterocycles. The molecule has 0 aliphatic carbocycles. The van der Waals surface area contributed by atoms with Gasteiger partial charge in [-0.2, -0.15) is 0 Å². The van der Waals surface area contributed by atoms with Crippen LogP contribution in [0.1, 0.15) is 48.0 Å². The monoisotopic (exact) mass is 350 g/mol. The molecule has 5 heteroatoms. The van der Waals surface area contributed by atoms with Gasteiger partial charge in [0.2, 0.25) is 11.8 Å². The van der Waals surface area contributed by atoms with Gasteiger partial charge in [-0.05, 0) is 30.2 Å². The first-order valence-electron chi connectivity index (χ1n) is 8.89. The number of nitrogens with one attached hydrogen (secondary N) is 1. The standard InChI is InChI=1S/C21H22N2O3/c1-2-15(16-7-4-3-5-8-16)14-22-21(26)17-9-6-10-18(13-17)23-19(24)11-12-20(23)25/h3-10,13,15H,2,11-12,14H2,1H3,(H,22,26)/t15-/m0/s1. The Morgan fingerprint density at radius 3 is 2.38 bits per heavy atom. The molecule has 0 saturated carbocycles. The average Bonchev–Trinajstić information content (AvgIpc) is 3.01. The summed E-state index contributed by atoms with van der Waals surface area (Å²) in [5, 5.41) is 2.96. The molecule has 1 aliphatic heterocycles. The van der Waals surface area contributed by atoms with E-state index in [1.807, 2.05) is 18.2 Å². The van der Waals surface area contributed by atoms with E-state index in [1.54, 1.807) is 24.3 Å². The highest BCUT2D eigenvalue weighted by Gasteiger charge is 2.30. The minimum Gasteiger partial charge on any atom is -0.351 e. The molecule has 1 N–H and O–H groups in total. The molecule has 0 unspecified atom stereocenters. The maximum absolute atomic E-state index is 12.5. The van der Waals surface area contributed by atoms with Crippen molar-refractivity contribution in [2.24, 2.45) is 0 Å². The van der Waals surface area contributed by atoms with E-state index in [2.05, 4.69) is 24.4 Å². The zero-order valence-electron chi connectivity index (χ0n) is 14.8. The molecule has 5 nitrogen and oxygen atoms in total. The minimum absolute atomic E-state index is 0.208. The molecule has 3 amide bonds. The lowest BCUT2D eigenvalue weighted by atomic mass is 9.96. The number of benzene rings is 2. The van der Waals surface area contributed by atoms with Crippen LogP contribution in [-0.4, -0.2) is 24.3 Å². The van der Waals surface area contributed by atoms with Crippen LogP contribution in [0.2, 0.25) is 0 Å². The molecule has 0 bridgehead atoms. The van der Waals surface area contributed by atoms with Gasteiger partial charge in [0, 0.05) is 30.9 Å². The Labute approximate surface area is 153 Å². The summed E-state index contributed by atoms with van der Waals surface area (Å²) in [6.07, 6.45) is 1.37. The van der Waals surface area contributed by atoms with Gasteiger partial charge in [0.25, 0.3) is 5.91 Å². The molecular formula is C21H22N2O3. The molecule has 2 aromatic rings. The average molecular weight is 350 g/mol. The van der Waals surface area contributed by atoms with Gasteiger partial charge in [-0.25, -0.2) is 0 Å². The van der Waals surface area contributed by atoms with Gasteiger partial charge in [0.1, 0.15) is 0 Å². The molecule has 0 aromatic heterocycles. The van der Waals surface area contributed by atoms with Gasteiger partial charge < -0.3 is 5.32 Å². The number of amides is 3. The van der Waals surface area contributed by atoms with Crippen molar-refractivity contribution < 1.29 is 14.4 Å². The smallest absolute Gasteiger partial charge is 0.251 e. The predicted molar refractivity (Wildman–Crippen MR) is 100.0 cm³/mol. The number of nitrogens with zero attached hydrogens (tertiary/aromatic N) is 1. The third kappa shape index (κ3) is 3.82. The Balaban J connectivity index is 1.69. The highest BCUT2D eigenvalue weighted by Crippen LogP contribution is 2.23. The van der Waals surface area contributed by atoms with Crippen LogP contribution in [0.5, 0.6) is 0 Å². The number of hydrogen-bond donors (Lipinski definition) is 1. The van der Waals surface area contributed by atoms with Gasteiger partial charge in [0.05, 0.1) is 5.69 Å². The maximum atomic E-state index is 12.5. The van der Waals surface area contributed by atoms with Crippen molar-refractivity contribution in [1.29, 1.82) is 0 Å². The summed E-state index contributed by atoms with van der Waals surface area (Å²) < 4.78 is 0. The molecule has 1 saturated heterocycles. The van der Waals surface area contributed by atoms with Crippen LogP contribution in [0, 0.1) is 0 Å². The Hall–Kier alpha value is -2.95. The number of carbonyl (C=O) groups excluding carboxylic acids is 3. The Morgan fingerprint density at radius 1 is 1.04 bits per heavy atom. The number of rotatable bonds is 6. The molecule has 1 atom stereocenters. The Kier molecular flexibility index (Phi) is 5.46. The summed E-state index contributed by atoms with van der Waals surface area (Å²) in [6.45, 7) is 2.63. The fraction of sp³-hybridized carbons (Fsp3) is 0.286. The summed E-state index contributed by atoms with van der Waals surface area (Å²) in [5.41, 5.74) is 2.09. The highest BCUT2D eigenvalue weighted by atomic mass is 16.2. The van der Waals surface area contributed by atoms with Crippen molar-refractivity contribution in [2.75, 3.05) is 11.4 Å². The molecule has 1 fully saturated rings. The Morgan fingerprint density at radius 2 is 1.73 bits per heavy atom. The van der Waals surface area contributed by atoms with Crippen molar-refractivity contribution in [1.82, 2.24) is 5.32 Å². The molecule has 0 radical (unpaired) electrons. The summed E-state index contributed by atoms with van der Waals surface area (Å²) in [6, 6.07) is 16.7. The Bertz CT molecular complexity index is 801. The number of hydrogen-bond acceptors (Lipinski definition) is 3. The molecule has 134 valence electrons. The molecule has 1 aliphatic rings. The second-order valence-corrected chi connectivity index (χ2v) is 6.40. The number of carbonyl (C=O) groups is 3. The fourth-order valence-electron chi connectivity index (χ4n) is 3.19. The first-order chi connectivity index (χ1) is 12.6. The minimum atomic E-state index is -0.220. The topological polar surface area (TPSA) is 66.5 Å². The summed E-state index contributed by atoms with van der Waals surface area (Å²) in [7, 11) is 0. The third-order valence-corrected chi connectivity index (χ3v) is 4.69. The predicted octanol–water partition coefficient (Wildman–Crippen LogP) is 3.26. The second kappa shape index (κ2) is 7.95. The summed E-state index contributed by atoms with van der Waals surface area (Å²) >= 11 is 0. The fourth-order valence-corrected chi connectivity index (χ4v) is 3.19. The van der Waals surface area contributed by atoms with Crippen molar-refractivity contribution in [2.45, 2.75) is 32.1 Å². The van der Waals surface area contributed by atoms with E-state index in [-0.39, 0.29) is 36.5 Å². The molecule has 0 spiro atoms. The molecular weight excluding hydrogens is 328 g/mol. The van der Waals surface area contributed by atoms with E-state index >= 15 is 0 Å². The normalized spacial score (nSPS) is 15.2.